The summed E-state index contributed by atoms with van der Waals surface area (Å²) >= 11 is 1.73. The van der Waals surface area contributed by atoms with E-state index < -0.39 is 0 Å². The minimum atomic E-state index is 0.0596. The molecule has 0 aliphatic rings. The third kappa shape index (κ3) is 5.33. The summed E-state index contributed by atoms with van der Waals surface area (Å²) < 4.78 is 0. The molecule has 3 nitrogen and oxygen atoms in total. The fourth-order valence-electron chi connectivity index (χ4n) is 1.72. The van der Waals surface area contributed by atoms with E-state index in [-0.39, 0.29) is 17.9 Å². The van der Waals surface area contributed by atoms with Crippen LogP contribution in [0.2, 0.25) is 0 Å². The van der Waals surface area contributed by atoms with Gasteiger partial charge in [-0.15, -0.1) is 11.3 Å². The molecule has 0 saturated heterocycles. The number of amides is 1. The van der Waals surface area contributed by atoms with Crippen LogP contribution in [0.1, 0.15) is 31.6 Å². The minimum absolute atomic E-state index is 0.0596. The number of nitrogens with two attached hydrogens (primary N) is 1. The molecular weight excluding hydrogens is 232 g/mol. The normalized spacial score (nSPS) is 14.3. The maximum Gasteiger partial charge on any atom is 0.223 e. The van der Waals surface area contributed by atoms with Gasteiger partial charge in [0.2, 0.25) is 5.91 Å². The molecule has 1 aromatic rings. The summed E-state index contributed by atoms with van der Waals surface area (Å²) in [5, 5.41) is 5.12. The first-order chi connectivity index (χ1) is 8.13. The van der Waals surface area contributed by atoms with Crippen molar-refractivity contribution in [2.75, 3.05) is 6.54 Å². The van der Waals surface area contributed by atoms with Gasteiger partial charge in [-0.05, 0) is 37.8 Å². The van der Waals surface area contributed by atoms with Gasteiger partial charge in [-0.2, -0.15) is 0 Å². The van der Waals surface area contributed by atoms with E-state index in [9.17, 15) is 4.79 Å². The van der Waals surface area contributed by atoms with E-state index in [0.29, 0.717) is 6.54 Å². The zero-order chi connectivity index (χ0) is 12.7. The molecule has 0 bridgehead atoms. The van der Waals surface area contributed by atoms with Crippen LogP contribution >= 0.6 is 11.3 Å². The van der Waals surface area contributed by atoms with E-state index in [1.165, 1.54) is 4.88 Å². The van der Waals surface area contributed by atoms with Crippen LogP contribution < -0.4 is 11.1 Å². The number of carbonyl (C=O) groups is 1. The van der Waals surface area contributed by atoms with Gasteiger partial charge < -0.3 is 11.1 Å². The van der Waals surface area contributed by atoms with Crippen molar-refractivity contribution in [1.82, 2.24) is 5.32 Å². The summed E-state index contributed by atoms with van der Waals surface area (Å²) in [6, 6.07) is 4.34. The van der Waals surface area contributed by atoms with E-state index in [1.807, 2.05) is 19.9 Å². The Labute approximate surface area is 107 Å². The fourth-order valence-corrected chi connectivity index (χ4v) is 2.56. The molecule has 0 aliphatic heterocycles. The standard InChI is InChI=1S/C13H22N2OS/c1-10(5-3-7-14)13(16)15-11(2)9-12-6-4-8-17-12/h4,6,8,10-11H,3,5,7,9,14H2,1-2H3,(H,15,16). The first-order valence-corrected chi connectivity index (χ1v) is 7.04. The van der Waals surface area contributed by atoms with Crippen LogP contribution in [0.5, 0.6) is 0 Å². The SMILES string of the molecule is CC(Cc1cccs1)NC(=O)C(C)CCCN. The lowest BCUT2D eigenvalue weighted by molar-refractivity contribution is -0.125. The average Bonchev–Trinajstić information content (AvgIpc) is 2.78. The fraction of sp³-hybridized carbons (Fsp3) is 0.615. The van der Waals surface area contributed by atoms with Gasteiger partial charge in [-0.3, -0.25) is 4.79 Å². The molecule has 0 aliphatic carbocycles. The Morgan fingerprint density at radius 3 is 2.88 bits per heavy atom. The van der Waals surface area contributed by atoms with Crippen LogP contribution in [0.4, 0.5) is 0 Å². The lowest BCUT2D eigenvalue weighted by atomic mass is 10.0. The molecule has 3 N–H and O–H groups in total. The summed E-state index contributed by atoms with van der Waals surface area (Å²) in [6.07, 6.45) is 2.69. The van der Waals surface area contributed by atoms with Gasteiger partial charge >= 0.3 is 0 Å². The highest BCUT2D eigenvalue weighted by molar-refractivity contribution is 7.09. The van der Waals surface area contributed by atoms with Gasteiger partial charge in [0.1, 0.15) is 0 Å². The highest BCUT2D eigenvalue weighted by atomic mass is 32.1. The van der Waals surface area contributed by atoms with Crippen molar-refractivity contribution in [2.45, 2.75) is 39.2 Å². The van der Waals surface area contributed by atoms with Gasteiger partial charge in [0, 0.05) is 23.3 Å². The Morgan fingerprint density at radius 2 is 2.29 bits per heavy atom. The molecule has 2 unspecified atom stereocenters. The summed E-state index contributed by atoms with van der Waals surface area (Å²) in [4.78, 5) is 13.2. The molecule has 1 amide bonds. The zero-order valence-electron chi connectivity index (χ0n) is 10.6. The van der Waals surface area contributed by atoms with Crippen molar-refractivity contribution in [3.63, 3.8) is 0 Å². The molecule has 96 valence electrons. The van der Waals surface area contributed by atoms with Crippen LogP contribution in [-0.4, -0.2) is 18.5 Å². The second-order valence-electron chi connectivity index (χ2n) is 4.53. The van der Waals surface area contributed by atoms with Crippen molar-refractivity contribution in [3.8, 4) is 0 Å². The monoisotopic (exact) mass is 254 g/mol. The predicted octanol–water partition coefficient (Wildman–Crippen LogP) is 2.17. The molecule has 2 atom stereocenters. The van der Waals surface area contributed by atoms with Crippen molar-refractivity contribution in [3.05, 3.63) is 22.4 Å². The smallest absolute Gasteiger partial charge is 0.223 e. The van der Waals surface area contributed by atoms with Gasteiger partial charge in [-0.25, -0.2) is 0 Å². The molecule has 17 heavy (non-hydrogen) atoms. The number of hydrogen-bond acceptors (Lipinski definition) is 3. The molecule has 0 fully saturated rings. The quantitative estimate of drug-likeness (QED) is 0.783. The first kappa shape index (κ1) is 14.2. The number of rotatable bonds is 7. The number of nitrogens with one attached hydrogen (secondary N) is 1. The molecule has 1 heterocycles. The average molecular weight is 254 g/mol. The highest BCUT2D eigenvalue weighted by Gasteiger charge is 2.14. The third-order valence-corrected chi connectivity index (χ3v) is 3.66. The van der Waals surface area contributed by atoms with Gasteiger partial charge in [0.25, 0.3) is 0 Å². The van der Waals surface area contributed by atoms with E-state index >= 15 is 0 Å². The van der Waals surface area contributed by atoms with Crippen LogP contribution in [0, 0.1) is 5.92 Å². The molecular formula is C13H22N2OS. The third-order valence-electron chi connectivity index (χ3n) is 2.76. The Hall–Kier alpha value is -0.870. The van der Waals surface area contributed by atoms with Gasteiger partial charge in [-0.1, -0.05) is 13.0 Å². The molecule has 1 aromatic heterocycles. The van der Waals surface area contributed by atoms with Gasteiger partial charge in [0.15, 0.2) is 0 Å². The molecule has 0 spiro atoms. The number of thiophene rings is 1. The summed E-state index contributed by atoms with van der Waals surface area (Å²) in [5.74, 6) is 0.201. The van der Waals surface area contributed by atoms with Gasteiger partial charge in [0.05, 0.1) is 0 Å². The van der Waals surface area contributed by atoms with Crippen molar-refractivity contribution in [2.24, 2.45) is 11.7 Å². The maximum atomic E-state index is 11.8. The molecule has 0 radical (unpaired) electrons. The Morgan fingerprint density at radius 1 is 1.53 bits per heavy atom. The van der Waals surface area contributed by atoms with Crippen LogP contribution in [-0.2, 0) is 11.2 Å². The maximum absolute atomic E-state index is 11.8. The van der Waals surface area contributed by atoms with Crippen molar-refractivity contribution >= 4 is 17.2 Å². The molecule has 4 heteroatoms. The molecule has 1 rings (SSSR count). The van der Waals surface area contributed by atoms with E-state index in [1.54, 1.807) is 11.3 Å². The highest BCUT2D eigenvalue weighted by Crippen LogP contribution is 2.12. The molecule has 0 saturated carbocycles. The number of hydrogen-bond donors (Lipinski definition) is 2. The Kier molecular flexibility index (Phi) is 6.22. The lowest BCUT2D eigenvalue weighted by Crippen LogP contribution is -2.37. The van der Waals surface area contributed by atoms with E-state index in [4.69, 9.17) is 5.73 Å². The van der Waals surface area contributed by atoms with E-state index in [2.05, 4.69) is 16.8 Å². The summed E-state index contributed by atoms with van der Waals surface area (Å²) in [6.45, 7) is 4.67. The van der Waals surface area contributed by atoms with Crippen LogP contribution in [0.25, 0.3) is 0 Å². The Bertz CT molecular complexity index is 324. The second-order valence-corrected chi connectivity index (χ2v) is 5.56. The predicted molar refractivity (Wildman–Crippen MR) is 73.1 cm³/mol. The van der Waals surface area contributed by atoms with Crippen molar-refractivity contribution < 1.29 is 4.79 Å². The topological polar surface area (TPSA) is 55.1 Å². The minimum Gasteiger partial charge on any atom is -0.353 e. The van der Waals surface area contributed by atoms with Crippen LogP contribution in [0.3, 0.4) is 0 Å². The first-order valence-electron chi connectivity index (χ1n) is 6.16. The number of carbonyl (C=O) groups excluding carboxylic acids is 1. The Balaban J connectivity index is 2.30. The zero-order valence-corrected chi connectivity index (χ0v) is 11.4. The molecule has 0 aromatic carbocycles. The van der Waals surface area contributed by atoms with E-state index in [0.717, 1.165) is 19.3 Å². The largest absolute Gasteiger partial charge is 0.353 e. The second kappa shape index (κ2) is 7.45. The summed E-state index contributed by atoms with van der Waals surface area (Å²) in [5.41, 5.74) is 5.44. The van der Waals surface area contributed by atoms with Crippen molar-refractivity contribution in [1.29, 1.82) is 0 Å². The van der Waals surface area contributed by atoms with Crippen LogP contribution in [0.15, 0.2) is 17.5 Å². The lowest BCUT2D eigenvalue weighted by Gasteiger charge is -2.16. The summed E-state index contributed by atoms with van der Waals surface area (Å²) in [7, 11) is 0.